The number of hydrogen-bond donors (Lipinski definition) is 0. The Morgan fingerprint density at radius 3 is 2.18 bits per heavy atom. The molecule has 0 radical (unpaired) electrons. The summed E-state index contributed by atoms with van der Waals surface area (Å²) < 4.78 is 12.0. The van der Waals surface area contributed by atoms with Crippen molar-refractivity contribution in [1.82, 2.24) is 0 Å². The van der Waals surface area contributed by atoms with Gasteiger partial charge in [-0.15, -0.1) is 0 Å². The van der Waals surface area contributed by atoms with E-state index in [9.17, 15) is 9.59 Å². The summed E-state index contributed by atoms with van der Waals surface area (Å²) in [4.78, 5) is 25.9. The molecule has 0 amide bonds. The Morgan fingerprint density at radius 2 is 1.42 bits per heavy atom. The molecule has 2 aliphatic rings. The fourth-order valence-corrected chi connectivity index (χ4v) is 9.27. The average molecular weight is 519 g/mol. The Hall–Kier alpha value is -3.96. The monoisotopic (exact) mass is 518 g/mol. The van der Waals surface area contributed by atoms with E-state index >= 15 is 0 Å². The van der Waals surface area contributed by atoms with Crippen LogP contribution in [0.5, 0.6) is 0 Å². The zero-order valence-corrected chi connectivity index (χ0v) is 23.1. The molecule has 5 heteroatoms. The summed E-state index contributed by atoms with van der Waals surface area (Å²) in [5, 5.41) is 2.44. The highest BCUT2D eigenvalue weighted by molar-refractivity contribution is 7.01. The number of carbonyl (C=O) groups excluding carboxylic acids is 2. The molecule has 0 fully saturated rings. The average Bonchev–Trinajstić information content (AvgIpc) is 3.20. The lowest BCUT2D eigenvalue weighted by molar-refractivity contribution is -0.144. The van der Waals surface area contributed by atoms with Crippen LogP contribution in [-0.2, 0) is 32.9 Å². The number of hydrogen-bond acceptors (Lipinski definition) is 4. The number of benzene rings is 4. The first-order chi connectivity index (χ1) is 18.2. The van der Waals surface area contributed by atoms with Gasteiger partial charge in [0.25, 0.3) is 0 Å². The number of esters is 2. The lowest BCUT2D eigenvalue weighted by Gasteiger charge is -2.44. The molecule has 2 aliphatic heterocycles. The third-order valence-corrected chi connectivity index (χ3v) is 11.5. The Labute approximate surface area is 224 Å². The van der Waals surface area contributed by atoms with E-state index in [1.807, 2.05) is 61.5 Å². The van der Waals surface area contributed by atoms with Gasteiger partial charge in [0, 0.05) is 16.7 Å². The van der Waals surface area contributed by atoms with E-state index in [0.717, 1.165) is 27.8 Å². The molecule has 0 saturated heterocycles. The molecule has 4 aromatic carbocycles. The van der Waals surface area contributed by atoms with Crippen LogP contribution in [-0.4, -0.2) is 20.0 Å². The summed E-state index contributed by atoms with van der Waals surface area (Å²) in [6.07, 6.45) is 0.188. The lowest BCUT2D eigenvalue weighted by atomic mass is 9.78. The van der Waals surface area contributed by atoms with Crippen LogP contribution < -0.4 is 10.4 Å². The fraction of sp³-hybridized carbons (Fsp3) is 0.212. The molecular weight excluding hydrogens is 488 g/mol. The molecule has 1 atom stereocenters. The van der Waals surface area contributed by atoms with Crippen molar-refractivity contribution in [3.05, 3.63) is 129 Å². The summed E-state index contributed by atoms with van der Waals surface area (Å²) in [5.74, 6) is -0.562. The van der Waals surface area contributed by atoms with Crippen molar-refractivity contribution in [3.63, 3.8) is 0 Å². The van der Waals surface area contributed by atoms with Gasteiger partial charge in [0.15, 0.2) is 5.60 Å². The predicted molar refractivity (Wildman–Crippen MR) is 151 cm³/mol. The lowest BCUT2D eigenvalue weighted by Crippen LogP contribution is -2.63. The highest BCUT2D eigenvalue weighted by Crippen LogP contribution is 2.48. The van der Waals surface area contributed by atoms with E-state index in [1.54, 1.807) is 0 Å². The summed E-state index contributed by atoms with van der Waals surface area (Å²) in [6.45, 7) is 9.05. The first-order valence-electron chi connectivity index (χ1n) is 13.0. The maximum atomic E-state index is 13.1. The van der Waals surface area contributed by atoms with Gasteiger partial charge in [0.2, 0.25) is 0 Å². The quantitative estimate of drug-likeness (QED) is 0.276. The van der Waals surface area contributed by atoms with Gasteiger partial charge in [-0.3, -0.25) is 4.79 Å². The molecule has 0 N–H and O–H groups in total. The molecule has 0 aromatic heterocycles. The molecule has 190 valence electrons. The number of fused-ring (bicyclic) bond motifs is 6. The van der Waals surface area contributed by atoms with Crippen LogP contribution in [0.3, 0.4) is 0 Å². The molecule has 38 heavy (non-hydrogen) atoms. The van der Waals surface area contributed by atoms with Crippen LogP contribution in [0.25, 0.3) is 0 Å². The Kier molecular flexibility index (Phi) is 5.65. The van der Waals surface area contributed by atoms with Gasteiger partial charge in [-0.2, -0.15) is 0 Å². The first-order valence-corrected chi connectivity index (χ1v) is 16.0. The minimum absolute atomic E-state index is 0.188. The van der Waals surface area contributed by atoms with Crippen molar-refractivity contribution < 1.29 is 19.1 Å². The molecule has 4 aromatic rings. The van der Waals surface area contributed by atoms with Gasteiger partial charge in [0.05, 0.1) is 12.0 Å². The molecule has 0 bridgehead atoms. The Balaban J connectivity index is 1.41. The molecule has 1 unspecified atom stereocenters. The van der Waals surface area contributed by atoms with Crippen molar-refractivity contribution in [1.29, 1.82) is 0 Å². The topological polar surface area (TPSA) is 52.6 Å². The molecule has 4 nitrogen and oxygen atoms in total. The smallest absolute Gasteiger partial charge is 0.340 e. The fourth-order valence-electron chi connectivity index (χ4n) is 5.98. The number of rotatable bonds is 4. The maximum Gasteiger partial charge on any atom is 0.340 e. The standard InChI is InChI=1S/C33H30O4Si/c1-21-9-12-23(13-10-21)20-36-31(34)19-24-14-16-28-30(18-24)38(3,4)29-17-22(2)11-15-27(29)33(28)26-8-6-5-7-25(26)32(35)37-33/h5-18H,19-20H2,1-4H3. The SMILES string of the molecule is Cc1ccc(COC(=O)Cc2ccc3c(c2)[Si](C)(C)c2cc(C)ccc2C32OC(=O)c3ccccc32)cc1. The number of carbonyl (C=O) groups is 2. The van der Waals surface area contributed by atoms with Gasteiger partial charge in [-0.05, 0) is 41.4 Å². The highest BCUT2D eigenvalue weighted by atomic mass is 28.3. The van der Waals surface area contributed by atoms with Crippen LogP contribution in [0.15, 0.2) is 84.9 Å². The van der Waals surface area contributed by atoms with Gasteiger partial charge < -0.3 is 9.47 Å². The summed E-state index contributed by atoms with van der Waals surface area (Å²) in [6, 6.07) is 28.4. The van der Waals surface area contributed by atoms with E-state index < -0.39 is 13.7 Å². The van der Waals surface area contributed by atoms with Gasteiger partial charge in [0.1, 0.15) is 14.7 Å². The third kappa shape index (κ3) is 3.72. The van der Waals surface area contributed by atoms with E-state index in [4.69, 9.17) is 9.47 Å². The van der Waals surface area contributed by atoms with Crippen molar-refractivity contribution in [2.24, 2.45) is 0 Å². The van der Waals surface area contributed by atoms with E-state index in [1.165, 1.54) is 21.5 Å². The van der Waals surface area contributed by atoms with E-state index in [0.29, 0.717) is 5.56 Å². The predicted octanol–water partition coefficient (Wildman–Crippen LogP) is 5.19. The minimum atomic E-state index is -2.20. The molecule has 6 rings (SSSR count). The first kappa shape index (κ1) is 24.4. The molecular formula is C33H30O4Si. The normalized spacial score (nSPS) is 18.4. The Bertz CT molecular complexity index is 1600. The van der Waals surface area contributed by atoms with E-state index in [-0.39, 0.29) is 25.0 Å². The highest BCUT2D eigenvalue weighted by Gasteiger charge is 2.55. The molecule has 0 saturated carbocycles. The zero-order valence-electron chi connectivity index (χ0n) is 22.1. The van der Waals surface area contributed by atoms with Gasteiger partial charge >= 0.3 is 11.9 Å². The zero-order chi connectivity index (χ0) is 26.7. The maximum absolute atomic E-state index is 13.1. The number of ether oxygens (including phenoxy) is 2. The second-order valence-corrected chi connectivity index (χ2v) is 15.3. The summed E-state index contributed by atoms with van der Waals surface area (Å²) in [5.41, 5.74) is 6.78. The third-order valence-electron chi connectivity index (χ3n) is 8.01. The largest absolute Gasteiger partial charge is 0.461 e. The summed E-state index contributed by atoms with van der Waals surface area (Å²) in [7, 11) is -2.20. The molecule has 2 heterocycles. The minimum Gasteiger partial charge on any atom is -0.461 e. The second-order valence-electron chi connectivity index (χ2n) is 11.0. The van der Waals surface area contributed by atoms with Gasteiger partial charge in [-0.25, -0.2) is 4.79 Å². The number of aryl methyl sites for hydroxylation is 2. The van der Waals surface area contributed by atoms with Crippen LogP contribution in [0.1, 0.15) is 49.3 Å². The molecule has 0 aliphatic carbocycles. The van der Waals surface area contributed by atoms with Crippen molar-refractivity contribution in [2.45, 2.75) is 45.6 Å². The van der Waals surface area contributed by atoms with Crippen LogP contribution in [0, 0.1) is 13.8 Å². The Morgan fingerprint density at radius 1 is 0.789 bits per heavy atom. The van der Waals surface area contributed by atoms with Crippen molar-refractivity contribution >= 4 is 30.4 Å². The molecule has 1 spiro atoms. The van der Waals surface area contributed by atoms with Crippen LogP contribution in [0.4, 0.5) is 0 Å². The van der Waals surface area contributed by atoms with Crippen molar-refractivity contribution in [3.8, 4) is 0 Å². The van der Waals surface area contributed by atoms with Gasteiger partial charge in [-0.1, -0.05) is 103 Å². The van der Waals surface area contributed by atoms with Crippen molar-refractivity contribution in [2.75, 3.05) is 0 Å². The van der Waals surface area contributed by atoms with E-state index in [2.05, 4.69) is 50.3 Å². The van der Waals surface area contributed by atoms with Crippen LogP contribution >= 0.6 is 0 Å². The summed E-state index contributed by atoms with van der Waals surface area (Å²) >= 11 is 0. The second kappa shape index (κ2) is 8.81. The van der Waals surface area contributed by atoms with Crippen LogP contribution in [0.2, 0.25) is 13.1 Å².